The predicted octanol–water partition coefficient (Wildman–Crippen LogP) is 2.24. The maximum Gasteiger partial charge on any atom is 0.311 e. The Morgan fingerprint density at radius 1 is 1.50 bits per heavy atom. The summed E-state index contributed by atoms with van der Waals surface area (Å²) in [6.07, 6.45) is 1.01. The standard InChI is InChI=1S/C10H15NO3S2/c1-7-8(16-10(15)11-7)6-9(12)14-5-3-4-13-2/h3-6H2,1-2H3,(H,11,15). The highest BCUT2D eigenvalue weighted by atomic mass is 32.1. The molecule has 0 fully saturated rings. The fourth-order valence-corrected chi connectivity index (χ4v) is 2.45. The van der Waals surface area contributed by atoms with Crippen molar-refractivity contribution in [1.82, 2.24) is 4.98 Å². The molecule has 0 aliphatic heterocycles. The molecule has 1 N–H and O–H groups in total. The lowest BCUT2D eigenvalue weighted by Gasteiger charge is -2.03. The molecule has 0 radical (unpaired) electrons. The van der Waals surface area contributed by atoms with Crippen molar-refractivity contribution in [3.63, 3.8) is 0 Å². The molecule has 0 saturated heterocycles. The van der Waals surface area contributed by atoms with E-state index in [1.165, 1.54) is 11.3 Å². The van der Waals surface area contributed by atoms with Crippen molar-refractivity contribution in [2.45, 2.75) is 19.8 Å². The molecule has 0 atom stereocenters. The molecule has 0 saturated carbocycles. The third-order valence-electron chi connectivity index (χ3n) is 1.98. The molecule has 0 aromatic carbocycles. The van der Waals surface area contributed by atoms with E-state index >= 15 is 0 Å². The Morgan fingerprint density at radius 3 is 2.81 bits per heavy atom. The number of hydrogen-bond donors (Lipinski definition) is 1. The molecule has 1 rings (SSSR count). The van der Waals surface area contributed by atoms with Crippen LogP contribution in [0.3, 0.4) is 0 Å². The van der Waals surface area contributed by atoms with E-state index in [1.54, 1.807) is 7.11 Å². The molecule has 6 heteroatoms. The van der Waals surface area contributed by atoms with E-state index in [4.69, 9.17) is 21.7 Å². The van der Waals surface area contributed by atoms with Crippen molar-refractivity contribution >= 4 is 29.5 Å². The van der Waals surface area contributed by atoms with E-state index in [9.17, 15) is 4.79 Å². The van der Waals surface area contributed by atoms with Crippen molar-refractivity contribution in [3.05, 3.63) is 14.5 Å². The van der Waals surface area contributed by atoms with Crippen molar-refractivity contribution in [1.29, 1.82) is 0 Å². The van der Waals surface area contributed by atoms with Crippen LogP contribution in [0.5, 0.6) is 0 Å². The van der Waals surface area contributed by atoms with Crippen LogP contribution in [0.2, 0.25) is 0 Å². The lowest BCUT2D eigenvalue weighted by atomic mass is 10.3. The van der Waals surface area contributed by atoms with Crippen LogP contribution >= 0.6 is 23.6 Å². The number of hydrogen-bond acceptors (Lipinski definition) is 5. The number of thiazole rings is 1. The fraction of sp³-hybridized carbons (Fsp3) is 0.600. The van der Waals surface area contributed by atoms with Gasteiger partial charge in [-0.05, 0) is 19.1 Å². The van der Waals surface area contributed by atoms with Gasteiger partial charge in [0, 0.05) is 30.7 Å². The van der Waals surface area contributed by atoms with E-state index in [0.717, 1.165) is 17.0 Å². The first-order valence-electron chi connectivity index (χ1n) is 4.96. The summed E-state index contributed by atoms with van der Waals surface area (Å²) < 4.78 is 10.6. The van der Waals surface area contributed by atoms with E-state index in [-0.39, 0.29) is 12.4 Å². The number of esters is 1. The maximum atomic E-state index is 11.4. The van der Waals surface area contributed by atoms with Gasteiger partial charge in [-0.3, -0.25) is 4.79 Å². The first-order valence-corrected chi connectivity index (χ1v) is 6.19. The van der Waals surface area contributed by atoms with Crippen molar-refractivity contribution in [2.24, 2.45) is 0 Å². The van der Waals surface area contributed by atoms with Gasteiger partial charge in [-0.15, -0.1) is 11.3 Å². The number of nitrogens with one attached hydrogen (secondary N) is 1. The van der Waals surface area contributed by atoms with Crippen LogP contribution in [0.15, 0.2) is 0 Å². The summed E-state index contributed by atoms with van der Waals surface area (Å²) in [6.45, 7) is 2.91. The lowest BCUT2D eigenvalue weighted by Crippen LogP contribution is -2.10. The highest BCUT2D eigenvalue weighted by Gasteiger charge is 2.09. The van der Waals surface area contributed by atoms with E-state index in [0.29, 0.717) is 17.2 Å². The first kappa shape index (κ1) is 13.3. The summed E-state index contributed by atoms with van der Waals surface area (Å²) in [5.74, 6) is -0.218. The summed E-state index contributed by atoms with van der Waals surface area (Å²) in [7, 11) is 1.62. The second kappa shape index (κ2) is 6.78. The van der Waals surface area contributed by atoms with Gasteiger partial charge in [0.2, 0.25) is 0 Å². The van der Waals surface area contributed by atoms with Crippen LogP contribution in [0.1, 0.15) is 17.0 Å². The van der Waals surface area contributed by atoms with E-state index in [1.807, 2.05) is 6.92 Å². The molecular formula is C10H15NO3S2. The van der Waals surface area contributed by atoms with Crippen LogP contribution in [0, 0.1) is 10.9 Å². The Morgan fingerprint density at radius 2 is 2.25 bits per heavy atom. The quantitative estimate of drug-likeness (QED) is 0.485. The predicted molar refractivity (Wildman–Crippen MR) is 65.4 cm³/mol. The molecule has 1 aromatic rings. The molecule has 0 aliphatic carbocycles. The average Bonchev–Trinajstić information content (AvgIpc) is 2.52. The number of methoxy groups -OCH3 is 1. The zero-order valence-electron chi connectivity index (χ0n) is 9.37. The molecule has 1 aromatic heterocycles. The van der Waals surface area contributed by atoms with Gasteiger partial charge in [-0.25, -0.2) is 0 Å². The maximum absolute atomic E-state index is 11.4. The van der Waals surface area contributed by atoms with Gasteiger partial charge in [0.05, 0.1) is 13.0 Å². The number of aromatic nitrogens is 1. The Bertz CT molecular complexity index is 397. The Kier molecular flexibility index (Phi) is 5.65. The Labute approximate surface area is 104 Å². The molecule has 4 nitrogen and oxygen atoms in total. The van der Waals surface area contributed by atoms with E-state index < -0.39 is 0 Å². The molecular weight excluding hydrogens is 246 g/mol. The van der Waals surface area contributed by atoms with Crippen molar-refractivity contribution in [3.8, 4) is 0 Å². The monoisotopic (exact) mass is 261 g/mol. The summed E-state index contributed by atoms with van der Waals surface area (Å²) in [5, 5.41) is 0. The molecule has 0 bridgehead atoms. The number of aryl methyl sites for hydroxylation is 1. The average molecular weight is 261 g/mol. The topological polar surface area (TPSA) is 51.3 Å². The normalized spacial score (nSPS) is 10.4. The largest absolute Gasteiger partial charge is 0.465 e. The molecule has 90 valence electrons. The van der Waals surface area contributed by atoms with Crippen molar-refractivity contribution < 1.29 is 14.3 Å². The Balaban J connectivity index is 2.34. The smallest absolute Gasteiger partial charge is 0.311 e. The van der Waals surface area contributed by atoms with Crippen molar-refractivity contribution in [2.75, 3.05) is 20.3 Å². The molecule has 1 heterocycles. The fourth-order valence-electron chi connectivity index (χ4n) is 1.18. The first-order chi connectivity index (χ1) is 7.63. The van der Waals surface area contributed by atoms with Crippen LogP contribution in [0.25, 0.3) is 0 Å². The second-order valence-electron chi connectivity index (χ2n) is 3.31. The van der Waals surface area contributed by atoms with Gasteiger partial charge in [0.25, 0.3) is 0 Å². The van der Waals surface area contributed by atoms with Gasteiger partial charge < -0.3 is 14.5 Å². The number of carbonyl (C=O) groups is 1. The van der Waals surface area contributed by atoms with Crippen LogP contribution in [-0.2, 0) is 20.7 Å². The SMILES string of the molecule is COCCCOC(=O)Cc1sc(=S)[nH]c1C. The third-order valence-corrected chi connectivity index (χ3v) is 3.32. The highest BCUT2D eigenvalue weighted by molar-refractivity contribution is 7.73. The van der Waals surface area contributed by atoms with Crippen LogP contribution in [-0.4, -0.2) is 31.3 Å². The van der Waals surface area contributed by atoms with Gasteiger partial charge in [0.15, 0.2) is 3.95 Å². The zero-order chi connectivity index (χ0) is 12.0. The number of rotatable bonds is 6. The van der Waals surface area contributed by atoms with Gasteiger partial charge in [-0.1, -0.05) is 0 Å². The van der Waals surface area contributed by atoms with E-state index in [2.05, 4.69) is 4.98 Å². The van der Waals surface area contributed by atoms with Crippen LogP contribution < -0.4 is 0 Å². The lowest BCUT2D eigenvalue weighted by molar-refractivity contribution is -0.143. The molecule has 0 aliphatic rings. The number of ether oxygens (including phenoxy) is 2. The molecule has 16 heavy (non-hydrogen) atoms. The molecule has 0 amide bonds. The number of carbonyl (C=O) groups excluding carboxylic acids is 1. The number of aromatic amines is 1. The van der Waals surface area contributed by atoms with Gasteiger partial charge in [-0.2, -0.15) is 0 Å². The summed E-state index contributed by atoms with van der Waals surface area (Å²) in [6, 6.07) is 0. The minimum absolute atomic E-state index is 0.218. The number of H-pyrrole nitrogens is 1. The summed E-state index contributed by atoms with van der Waals surface area (Å²) in [4.78, 5) is 15.4. The molecule has 0 spiro atoms. The highest BCUT2D eigenvalue weighted by Crippen LogP contribution is 2.15. The third kappa shape index (κ3) is 4.42. The van der Waals surface area contributed by atoms with Crippen LogP contribution in [0.4, 0.5) is 0 Å². The van der Waals surface area contributed by atoms with Gasteiger partial charge >= 0.3 is 5.97 Å². The minimum atomic E-state index is -0.218. The minimum Gasteiger partial charge on any atom is -0.465 e. The zero-order valence-corrected chi connectivity index (χ0v) is 11.0. The summed E-state index contributed by atoms with van der Waals surface area (Å²) >= 11 is 6.41. The Hall–Kier alpha value is -0.720. The summed E-state index contributed by atoms with van der Waals surface area (Å²) in [5.41, 5.74) is 0.948. The van der Waals surface area contributed by atoms with Gasteiger partial charge in [0.1, 0.15) is 0 Å². The second-order valence-corrected chi connectivity index (χ2v) is 5.08. The molecule has 0 unspecified atom stereocenters.